The van der Waals surface area contributed by atoms with Gasteiger partial charge >= 0.3 is 0 Å². The van der Waals surface area contributed by atoms with Gasteiger partial charge in [0.1, 0.15) is 11.6 Å². The molecule has 2 heterocycles. The first-order valence-electron chi connectivity index (χ1n) is 7.84. The van der Waals surface area contributed by atoms with Gasteiger partial charge in [-0.05, 0) is 30.3 Å². The predicted molar refractivity (Wildman–Crippen MR) is 88.8 cm³/mol. The van der Waals surface area contributed by atoms with E-state index in [4.69, 9.17) is 9.47 Å². The molecule has 4 rings (SSSR count). The third-order valence-corrected chi connectivity index (χ3v) is 4.02. The number of rotatable bonds is 2. The zero-order valence-electron chi connectivity index (χ0n) is 13.2. The second-order valence-corrected chi connectivity index (χ2v) is 5.76. The molecule has 0 bridgehead atoms. The van der Waals surface area contributed by atoms with Gasteiger partial charge in [0, 0.05) is 29.6 Å². The minimum absolute atomic E-state index is 0.101. The highest BCUT2D eigenvalue weighted by atomic mass is 19.1. The molecular weight excluding hydrogens is 325 g/mol. The van der Waals surface area contributed by atoms with E-state index < -0.39 is 11.6 Å². The lowest BCUT2D eigenvalue weighted by Gasteiger charge is -2.09. The number of ether oxygens (including phenoxy) is 2. The molecule has 0 unspecified atom stereocenters. The predicted octanol–water partition coefficient (Wildman–Crippen LogP) is 3.47. The number of fused-ring (bicyclic) bond motifs is 2. The number of carbonyl (C=O) groups is 1. The second kappa shape index (κ2) is 6.05. The highest BCUT2D eigenvalue weighted by Crippen LogP contribution is 2.34. The Kier molecular flexibility index (Phi) is 3.72. The van der Waals surface area contributed by atoms with E-state index in [1.165, 1.54) is 6.20 Å². The van der Waals surface area contributed by atoms with Gasteiger partial charge in [-0.3, -0.25) is 9.78 Å². The van der Waals surface area contributed by atoms with Crippen molar-refractivity contribution >= 4 is 16.7 Å². The SMILES string of the molecule is O=C(c1cnc2cc3c(cc2c1)OCCCO3)c1cc(F)ccc1O. The molecule has 0 radical (unpaired) electrons. The van der Waals surface area contributed by atoms with E-state index >= 15 is 0 Å². The molecule has 126 valence electrons. The van der Waals surface area contributed by atoms with Crippen LogP contribution < -0.4 is 9.47 Å². The highest BCUT2D eigenvalue weighted by molar-refractivity contribution is 6.11. The van der Waals surface area contributed by atoms with E-state index in [2.05, 4.69) is 4.98 Å². The quantitative estimate of drug-likeness (QED) is 0.724. The van der Waals surface area contributed by atoms with Crippen LogP contribution in [0.15, 0.2) is 42.6 Å². The van der Waals surface area contributed by atoms with Crippen molar-refractivity contribution in [3.8, 4) is 17.2 Å². The summed E-state index contributed by atoms with van der Waals surface area (Å²) < 4.78 is 24.7. The summed E-state index contributed by atoms with van der Waals surface area (Å²) in [6, 6.07) is 8.44. The zero-order valence-corrected chi connectivity index (χ0v) is 13.2. The van der Waals surface area contributed by atoms with Gasteiger partial charge in [0.05, 0.1) is 24.3 Å². The fourth-order valence-corrected chi connectivity index (χ4v) is 2.75. The molecule has 1 aliphatic rings. The van der Waals surface area contributed by atoms with E-state index in [0.29, 0.717) is 35.6 Å². The van der Waals surface area contributed by atoms with Crippen LogP contribution in [0.2, 0.25) is 0 Å². The van der Waals surface area contributed by atoms with Gasteiger partial charge in [-0.15, -0.1) is 0 Å². The first kappa shape index (κ1) is 15.4. The van der Waals surface area contributed by atoms with Gasteiger partial charge in [0.2, 0.25) is 0 Å². The Morgan fingerprint density at radius 3 is 2.64 bits per heavy atom. The van der Waals surface area contributed by atoms with Gasteiger partial charge in [0.25, 0.3) is 0 Å². The van der Waals surface area contributed by atoms with Crippen LogP contribution in [-0.4, -0.2) is 29.1 Å². The lowest BCUT2D eigenvalue weighted by molar-refractivity contribution is 0.103. The lowest BCUT2D eigenvalue weighted by Crippen LogP contribution is -2.03. The van der Waals surface area contributed by atoms with Crippen LogP contribution in [0.4, 0.5) is 4.39 Å². The number of carbonyl (C=O) groups excluding carboxylic acids is 1. The summed E-state index contributed by atoms with van der Waals surface area (Å²) in [4.78, 5) is 16.9. The fourth-order valence-electron chi connectivity index (χ4n) is 2.75. The molecule has 6 heteroatoms. The van der Waals surface area contributed by atoms with Crippen molar-refractivity contribution in [3.63, 3.8) is 0 Å². The number of benzene rings is 2. The van der Waals surface area contributed by atoms with Crippen LogP contribution in [-0.2, 0) is 0 Å². The Hall–Kier alpha value is -3.15. The molecular formula is C19H14FNO4. The molecule has 0 saturated heterocycles. The molecule has 1 aromatic heterocycles. The molecule has 3 aromatic rings. The van der Waals surface area contributed by atoms with Gasteiger partial charge < -0.3 is 14.6 Å². The zero-order chi connectivity index (χ0) is 17.4. The summed E-state index contributed by atoms with van der Waals surface area (Å²) in [5.74, 6) is -0.140. The monoisotopic (exact) mass is 339 g/mol. The van der Waals surface area contributed by atoms with E-state index in [0.717, 1.165) is 24.6 Å². The van der Waals surface area contributed by atoms with Crippen molar-refractivity contribution in [1.29, 1.82) is 0 Å². The molecule has 1 N–H and O–H groups in total. The number of ketones is 1. The van der Waals surface area contributed by atoms with Crippen LogP contribution in [0.25, 0.3) is 10.9 Å². The van der Waals surface area contributed by atoms with Crippen molar-refractivity contribution in [2.45, 2.75) is 6.42 Å². The largest absolute Gasteiger partial charge is 0.507 e. The van der Waals surface area contributed by atoms with Crippen molar-refractivity contribution < 1.29 is 23.8 Å². The molecule has 0 amide bonds. The minimum atomic E-state index is -0.592. The average molecular weight is 339 g/mol. The first-order chi connectivity index (χ1) is 12.1. The lowest BCUT2D eigenvalue weighted by atomic mass is 10.0. The fraction of sp³-hybridized carbons (Fsp3) is 0.158. The summed E-state index contributed by atoms with van der Waals surface area (Å²) in [6.45, 7) is 1.13. The Bertz CT molecular complexity index is 987. The van der Waals surface area contributed by atoms with Crippen LogP contribution in [0.3, 0.4) is 0 Å². The van der Waals surface area contributed by atoms with Crippen LogP contribution in [0, 0.1) is 5.82 Å². The van der Waals surface area contributed by atoms with Gasteiger partial charge in [-0.25, -0.2) is 4.39 Å². The van der Waals surface area contributed by atoms with Crippen molar-refractivity contribution in [3.05, 3.63) is 59.5 Å². The molecule has 0 fully saturated rings. The number of hydrogen-bond acceptors (Lipinski definition) is 5. The van der Waals surface area contributed by atoms with Crippen molar-refractivity contribution in [2.75, 3.05) is 13.2 Å². The number of phenols is 1. The van der Waals surface area contributed by atoms with Crippen LogP contribution in [0.5, 0.6) is 17.2 Å². The van der Waals surface area contributed by atoms with E-state index in [9.17, 15) is 14.3 Å². The molecule has 0 aliphatic carbocycles. The maximum absolute atomic E-state index is 13.4. The summed E-state index contributed by atoms with van der Waals surface area (Å²) in [5, 5.41) is 10.5. The number of halogens is 1. The summed E-state index contributed by atoms with van der Waals surface area (Å²) in [5.41, 5.74) is 0.808. The van der Waals surface area contributed by atoms with Crippen molar-refractivity contribution in [2.24, 2.45) is 0 Å². The topological polar surface area (TPSA) is 68.7 Å². The molecule has 25 heavy (non-hydrogen) atoms. The normalized spacial score (nSPS) is 13.5. The number of pyridine rings is 1. The summed E-state index contributed by atoms with van der Waals surface area (Å²) in [6.07, 6.45) is 2.19. The average Bonchev–Trinajstić information content (AvgIpc) is 2.85. The van der Waals surface area contributed by atoms with Gasteiger partial charge in [-0.1, -0.05) is 0 Å². The van der Waals surface area contributed by atoms with E-state index in [-0.39, 0.29) is 16.9 Å². The first-order valence-corrected chi connectivity index (χ1v) is 7.84. The Labute approximate surface area is 142 Å². The molecule has 5 nitrogen and oxygen atoms in total. The number of aromatic hydroxyl groups is 1. The number of aromatic nitrogens is 1. The van der Waals surface area contributed by atoms with E-state index in [1.54, 1.807) is 18.2 Å². The summed E-state index contributed by atoms with van der Waals surface area (Å²) >= 11 is 0. The molecule has 0 spiro atoms. The Balaban J connectivity index is 1.78. The van der Waals surface area contributed by atoms with E-state index in [1.807, 2.05) is 0 Å². The van der Waals surface area contributed by atoms with Gasteiger partial charge in [-0.2, -0.15) is 0 Å². The molecule has 2 aromatic carbocycles. The number of hydrogen-bond donors (Lipinski definition) is 1. The summed E-state index contributed by atoms with van der Waals surface area (Å²) in [7, 11) is 0. The number of nitrogens with zero attached hydrogens (tertiary/aromatic N) is 1. The molecule has 1 aliphatic heterocycles. The smallest absolute Gasteiger partial charge is 0.198 e. The Morgan fingerprint density at radius 1 is 1.08 bits per heavy atom. The second-order valence-electron chi connectivity index (χ2n) is 5.76. The third-order valence-electron chi connectivity index (χ3n) is 4.02. The van der Waals surface area contributed by atoms with Crippen molar-refractivity contribution in [1.82, 2.24) is 4.98 Å². The number of phenolic OH excluding ortho intramolecular Hbond substituents is 1. The highest BCUT2D eigenvalue weighted by Gasteiger charge is 2.17. The Morgan fingerprint density at radius 2 is 1.84 bits per heavy atom. The standard InChI is InChI=1S/C19H14FNO4/c20-13-2-3-16(22)14(8-13)19(23)12-6-11-7-17-18(9-15(11)21-10-12)25-5-1-4-24-17/h2-3,6-10,22H,1,4-5H2. The van der Waals surface area contributed by atoms with Crippen LogP contribution in [0.1, 0.15) is 22.3 Å². The maximum Gasteiger partial charge on any atom is 0.198 e. The van der Waals surface area contributed by atoms with Crippen LogP contribution >= 0.6 is 0 Å². The van der Waals surface area contributed by atoms with Gasteiger partial charge in [0.15, 0.2) is 17.3 Å². The molecule has 0 saturated carbocycles. The minimum Gasteiger partial charge on any atom is -0.507 e. The maximum atomic E-state index is 13.4. The third kappa shape index (κ3) is 2.87. The molecule has 0 atom stereocenters.